The van der Waals surface area contributed by atoms with Crippen molar-refractivity contribution < 1.29 is 9.84 Å². The van der Waals surface area contributed by atoms with E-state index in [4.69, 9.17) is 9.73 Å². The topological polar surface area (TPSA) is 70.0 Å². The molecule has 2 fully saturated rings. The number of hydrogen-bond donors (Lipinski definition) is 2. The molecule has 1 saturated carbocycles. The summed E-state index contributed by atoms with van der Waals surface area (Å²) in [5.41, 5.74) is -0.607. The lowest BCUT2D eigenvalue weighted by molar-refractivity contribution is 0.0572. The smallest absolute Gasteiger partial charge is 0.213 e. The van der Waals surface area contributed by atoms with E-state index in [9.17, 15) is 5.11 Å². The summed E-state index contributed by atoms with van der Waals surface area (Å²) in [6.45, 7) is 5.07. The Morgan fingerprint density at radius 2 is 2.29 bits per heavy atom. The van der Waals surface area contributed by atoms with Crippen LogP contribution in [0.25, 0.3) is 0 Å². The van der Waals surface area contributed by atoms with Gasteiger partial charge in [-0.2, -0.15) is 0 Å². The van der Waals surface area contributed by atoms with E-state index < -0.39 is 5.60 Å². The van der Waals surface area contributed by atoms with Crippen molar-refractivity contribution in [2.75, 3.05) is 26.2 Å². The zero-order chi connectivity index (χ0) is 16.8. The largest absolute Gasteiger partial charge is 0.472 e. The fourth-order valence-electron chi connectivity index (χ4n) is 3.44. The predicted octanol–water partition coefficient (Wildman–Crippen LogP) is 1.81. The van der Waals surface area contributed by atoms with Crippen LogP contribution in [0, 0.1) is 0 Å². The van der Waals surface area contributed by atoms with Crippen molar-refractivity contribution in [1.82, 2.24) is 15.2 Å². The molecule has 132 valence electrons. The predicted molar refractivity (Wildman–Crippen MR) is 94.2 cm³/mol. The summed E-state index contributed by atoms with van der Waals surface area (Å²) >= 11 is 0. The van der Waals surface area contributed by atoms with Crippen LogP contribution in [0.4, 0.5) is 0 Å². The second kappa shape index (κ2) is 7.83. The van der Waals surface area contributed by atoms with Gasteiger partial charge in [-0.25, -0.2) is 4.98 Å². The molecule has 0 aromatic carbocycles. The fraction of sp³-hybridized carbons (Fsp3) is 0.667. The molecular weight excluding hydrogens is 304 g/mol. The van der Waals surface area contributed by atoms with Gasteiger partial charge < -0.3 is 20.1 Å². The number of likely N-dealkylation sites (tertiary alicyclic amines) is 1. The highest BCUT2D eigenvalue weighted by Gasteiger charge is 2.32. The lowest BCUT2D eigenvalue weighted by Gasteiger charge is -2.24. The molecule has 3 rings (SSSR count). The lowest BCUT2D eigenvalue weighted by Crippen LogP contribution is -2.42. The van der Waals surface area contributed by atoms with Gasteiger partial charge in [0.25, 0.3) is 0 Å². The van der Waals surface area contributed by atoms with Crippen LogP contribution in [0.15, 0.2) is 29.4 Å². The van der Waals surface area contributed by atoms with E-state index in [0.717, 1.165) is 57.7 Å². The molecule has 2 heterocycles. The molecule has 1 aromatic rings. The van der Waals surface area contributed by atoms with Gasteiger partial charge in [0.2, 0.25) is 5.88 Å². The minimum absolute atomic E-state index is 0.123. The molecule has 2 N–H and O–H groups in total. The number of nitrogens with one attached hydrogen (secondary N) is 1. The van der Waals surface area contributed by atoms with Crippen LogP contribution in [0.5, 0.6) is 5.88 Å². The maximum atomic E-state index is 10.5. The Labute approximate surface area is 143 Å². The molecule has 1 unspecified atom stereocenters. The molecule has 1 saturated heterocycles. The van der Waals surface area contributed by atoms with Gasteiger partial charge >= 0.3 is 0 Å². The standard InChI is InChI=1S/C18H28N4O2/c1-2-19-17(21-14-18(23)9-4-5-10-18)22-12-8-15(13-22)24-16-7-3-6-11-20-16/h3,6-7,11,15,23H,2,4-5,8-10,12-14H2,1H3,(H,19,21). The molecule has 0 radical (unpaired) electrons. The van der Waals surface area contributed by atoms with Gasteiger partial charge in [-0.15, -0.1) is 0 Å². The van der Waals surface area contributed by atoms with Crippen LogP contribution < -0.4 is 10.1 Å². The Hall–Kier alpha value is -1.82. The summed E-state index contributed by atoms with van der Waals surface area (Å²) in [7, 11) is 0. The normalized spacial score (nSPS) is 23.5. The minimum Gasteiger partial charge on any atom is -0.472 e. The Balaban J connectivity index is 1.58. The number of aliphatic hydroxyl groups is 1. The summed E-state index contributed by atoms with van der Waals surface area (Å²) in [5, 5.41) is 13.9. The van der Waals surface area contributed by atoms with Crippen molar-refractivity contribution in [1.29, 1.82) is 0 Å². The lowest BCUT2D eigenvalue weighted by atomic mass is 10.0. The number of hydrogen-bond acceptors (Lipinski definition) is 4. The highest BCUT2D eigenvalue weighted by atomic mass is 16.5. The number of guanidine groups is 1. The van der Waals surface area contributed by atoms with E-state index in [1.807, 2.05) is 18.2 Å². The number of ether oxygens (including phenoxy) is 1. The van der Waals surface area contributed by atoms with E-state index in [1.54, 1.807) is 6.20 Å². The van der Waals surface area contributed by atoms with E-state index >= 15 is 0 Å². The summed E-state index contributed by atoms with van der Waals surface area (Å²) in [6, 6.07) is 5.71. The molecule has 0 bridgehead atoms. The average Bonchev–Trinajstić information content (AvgIpc) is 3.22. The summed E-state index contributed by atoms with van der Waals surface area (Å²) < 4.78 is 5.95. The Morgan fingerprint density at radius 1 is 1.46 bits per heavy atom. The van der Waals surface area contributed by atoms with Crippen LogP contribution in [0.3, 0.4) is 0 Å². The quantitative estimate of drug-likeness (QED) is 0.636. The highest BCUT2D eigenvalue weighted by molar-refractivity contribution is 5.80. The first kappa shape index (κ1) is 17.0. The molecule has 6 nitrogen and oxygen atoms in total. The Kier molecular flexibility index (Phi) is 5.56. The first-order chi connectivity index (χ1) is 11.7. The van der Waals surface area contributed by atoms with Crippen LogP contribution in [-0.2, 0) is 0 Å². The number of rotatable bonds is 5. The first-order valence-electron chi connectivity index (χ1n) is 9.02. The molecule has 1 atom stereocenters. The van der Waals surface area contributed by atoms with E-state index in [2.05, 4.69) is 22.1 Å². The zero-order valence-corrected chi connectivity index (χ0v) is 14.4. The Morgan fingerprint density at radius 3 is 3.00 bits per heavy atom. The van der Waals surface area contributed by atoms with E-state index in [-0.39, 0.29) is 6.10 Å². The molecule has 1 aliphatic heterocycles. The van der Waals surface area contributed by atoms with Crippen molar-refractivity contribution in [3.8, 4) is 5.88 Å². The summed E-state index contributed by atoms with van der Waals surface area (Å²) in [6.07, 6.45) is 6.75. The van der Waals surface area contributed by atoms with E-state index in [1.165, 1.54) is 0 Å². The van der Waals surface area contributed by atoms with Crippen molar-refractivity contribution >= 4 is 5.96 Å². The van der Waals surface area contributed by atoms with Crippen LogP contribution in [-0.4, -0.2) is 58.8 Å². The number of aromatic nitrogens is 1. The number of pyridine rings is 1. The van der Waals surface area contributed by atoms with Gasteiger partial charge in [0, 0.05) is 31.8 Å². The number of aliphatic imine (C=N–C) groups is 1. The van der Waals surface area contributed by atoms with Gasteiger partial charge in [-0.3, -0.25) is 4.99 Å². The van der Waals surface area contributed by atoms with E-state index in [0.29, 0.717) is 12.4 Å². The SMILES string of the molecule is CCNC(=NCC1(O)CCCC1)N1CCC(Oc2ccccn2)C1. The zero-order valence-electron chi connectivity index (χ0n) is 14.4. The summed E-state index contributed by atoms with van der Waals surface area (Å²) in [5.74, 6) is 1.55. The van der Waals surface area contributed by atoms with Crippen molar-refractivity contribution in [3.63, 3.8) is 0 Å². The third-order valence-corrected chi connectivity index (χ3v) is 4.76. The van der Waals surface area contributed by atoms with Crippen molar-refractivity contribution in [2.45, 2.75) is 50.7 Å². The van der Waals surface area contributed by atoms with Gasteiger partial charge in [0.05, 0.1) is 18.7 Å². The Bertz CT molecular complexity index is 543. The molecule has 0 amide bonds. The van der Waals surface area contributed by atoms with Gasteiger partial charge in [0.1, 0.15) is 6.10 Å². The van der Waals surface area contributed by atoms with Crippen LogP contribution >= 0.6 is 0 Å². The maximum absolute atomic E-state index is 10.5. The molecule has 1 aromatic heterocycles. The van der Waals surface area contributed by atoms with Crippen molar-refractivity contribution in [3.05, 3.63) is 24.4 Å². The minimum atomic E-state index is -0.607. The summed E-state index contributed by atoms with van der Waals surface area (Å²) in [4.78, 5) is 11.1. The van der Waals surface area contributed by atoms with Crippen LogP contribution in [0.2, 0.25) is 0 Å². The van der Waals surface area contributed by atoms with Crippen LogP contribution in [0.1, 0.15) is 39.0 Å². The monoisotopic (exact) mass is 332 g/mol. The first-order valence-corrected chi connectivity index (χ1v) is 9.02. The highest BCUT2D eigenvalue weighted by Crippen LogP contribution is 2.29. The third kappa shape index (κ3) is 4.38. The second-order valence-electron chi connectivity index (χ2n) is 6.74. The molecule has 2 aliphatic rings. The maximum Gasteiger partial charge on any atom is 0.213 e. The average molecular weight is 332 g/mol. The molecule has 24 heavy (non-hydrogen) atoms. The van der Waals surface area contributed by atoms with Gasteiger partial charge in [0.15, 0.2) is 5.96 Å². The number of nitrogens with zero attached hydrogens (tertiary/aromatic N) is 3. The molecule has 6 heteroatoms. The molecular formula is C18H28N4O2. The van der Waals surface area contributed by atoms with Crippen molar-refractivity contribution in [2.24, 2.45) is 4.99 Å². The fourth-order valence-corrected chi connectivity index (χ4v) is 3.44. The molecule has 0 spiro atoms. The van der Waals surface area contributed by atoms with Gasteiger partial charge in [-0.1, -0.05) is 18.9 Å². The van der Waals surface area contributed by atoms with Gasteiger partial charge in [-0.05, 0) is 25.8 Å². The third-order valence-electron chi connectivity index (χ3n) is 4.76. The second-order valence-corrected chi connectivity index (χ2v) is 6.74. The molecule has 1 aliphatic carbocycles.